The molecule has 0 aromatic rings. The smallest absolute Gasteiger partial charge is 0.375 e. The largest absolute Gasteiger partial charge is 0.460 e. The highest BCUT2D eigenvalue weighted by molar-refractivity contribution is 6.60. The van der Waals surface area contributed by atoms with Gasteiger partial charge >= 0.3 is 5.97 Å². The molecule has 86 valence electrons. The monoisotopic (exact) mass is 226 g/mol. The summed E-state index contributed by atoms with van der Waals surface area (Å²) in [6.45, 7) is 2.68. The number of ether oxygens (including phenoxy) is 1. The lowest BCUT2D eigenvalue weighted by Gasteiger charge is -2.04. The van der Waals surface area contributed by atoms with Crippen molar-refractivity contribution in [3.05, 3.63) is 0 Å². The molecule has 1 saturated carbocycles. The number of carbonyl (C=O) groups excluding carboxylic acids is 5. The quantitative estimate of drug-likeness (QED) is 0.351. The molecule has 6 nitrogen and oxygen atoms in total. The zero-order valence-electron chi connectivity index (χ0n) is 8.81. The Balaban J connectivity index is 2.94. The summed E-state index contributed by atoms with van der Waals surface area (Å²) in [5, 5.41) is 0. The average molecular weight is 226 g/mol. The topological polar surface area (TPSA) is 94.6 Å². The van der Waals surface area contributed by atoms with Gasteiger partial charge in [0.15, 0.2) is 11.7 Å². The second-order valence-corrected chi connectivity index (χ2v) is 3.37. The van der Waals surface area contributed by atoms with Gasteiger partial charge in [0.05, 0.1) is 12.5 Å². The first-order valence-electron chi connectivity index (χ1n) is 4.74. The molecule has 0 amide bonds. The van der Waals surface area contributed by atoms with E-state index in [0.29, 0.717) is 0 Å². The number of carbonyl (C=O) groups is 5. The van der Waals surface area contributed by atoms with Crippen LogP contribution in [0.4, 0.5) is 0 Å². The first kappa shape index (κ1) is 12.2. The van der Waals surface area contributed by atoms with Gasteiger partial charge < -0.3 is 4.74 Å². The van der Waals surface area contributed by atoms with Crippen LogP contribution >= 0.6 is 0 Å². The maximum Gasteiger partial charge on any atom is 0.375 e. The Labute approximate surface area is 90.9 Å². The molecule has 0 spiro atoms. The summed E-state index contributed by atoms with van der Waals surface area (Å²) in [5.74, 6) is -8.31. The molecule has 0 aliphatic heterocycles. The molecular formula is C10H10O6. The van der Waals surface area contributed by atoms with E-state index in [0.717, 1.165) is 0 Å². The van der Waals surface area contributed by atoms with Gasteiger partial charge in [-0.15, -0.1) is 0 Å². The Morgan fingerprint density at radius 1 is 1.19 bits per heavy atom. The van der Waals surface area contributed by atoms with Crippen LogP contribution in [-0.4, -0.2) is 35.7 Å². The summed E-state index contributed by atoms with van der Waals surface area (Å²) < 4.78 is 4.38. The molecule has 0 radical (unpaired) electrons. The lowest BCUT2D eigenvalue weighted by atomic mass is 9.99. The third-order valence-corrected chi connectivity index (χ3v) is 2.35. The van der Waals surface area contributed by atoms with Crippen molar-refractivity contribution >= 4 is 29.1 Å². The van der Waals surface area contributed by atoms with Crippen molar-refractivity contribution in [3.63, 3.8) is 0 Å². The van der Waals surface area contributed by atoms with Gasteiger partial charge in [-0.1, -0.05) is 0 Å². The number of hydrogen-bond acceptors (Lipinski definition) is 6. The van der Waals surface area contributed by atoms with E-state index in [1.54, 1.807) is 0 Å². The molecule has 6 heteroatoms. The second kappa shape index (κ2) is 4.34. The molecule has 1 rings (SSSR count). The minimum absolute atomic E-state index is 0.0385. The zero-order chi connectivity index (χ0) is 12.5. The van der Waals surface area contributed by atoms with Crippen LogP contribution in [0.3, 0.4) is 0 Å². The van der Waals surface area contributed by atoms with Gasteiger partial charge in [0.1, 0.15) is 0 Å². The van der Waals surface area contributed by atoms with Crippen molar-refractivity contribution < 1.29 is 28.7 Å². The number of hydrogen-bond donors (Lipinski definition) is 0. The Morgan fingerprint density at radius 3 is 2.12 bits per heavy atom. The van der Waals surface area contributed by atoms with E-state index in [4.69, 9.17) is 0 Å². The lowest BCUT2D eigenvalue weighted by Crippen LogP contribution is -2.33. The van der Waals surface area contributed by atoms with Crippen LogP contribution in [0, 0.1) is 11.8 Å². The van der Waals surface area contributed by atoms with Gasteiger partial charge in [0, 0.05) is 0 Å². The normalized spacial score (nSPS) is 24.8. The zero-order valence-corrected chi connectivity index (χ0v) is 8.81. The van der Waals surface area contributed by atoms with Crippen molar-refractivity contribution in [1.29, 1.82) is 0 Å². The Hall–Kier alpha value is -1.85. The van der Waals surface area contributed by atoms with Gasteiger partial charge in [0.25, 0.3) is 5.78 Å². The highest BCUT2D eigenvalue weighted by Crippen LogP contribution is 2.21. The molecule has 0 unspecified atom stereocenters. The number of esters is 1. The molecule has 16 heavy (non-hydrogen) atoms. The molecule has 0 N–H and O–H groups in total. The van der Waals surface area contributed by atoms with Crippen LogP contribution < -0.4 is 0 Å². The fraction of sp³-hybridized carbons (Fsp3) is 0.500. The summed E-state index contributed by atoms with van der Waals surface area (Å²) in [6, 6.07) is 0. The average Bonchev–Trinajstić information content (AvgIpc) is 2.43. The standard InChI is InChI=1S/C10H10O6/c1-3-16-10(15)9(14)5-6(11)4(2)7(12)8(5)13/h4-5H,3H2,1-2H3/t4-,5-/m0/s1. The molecule has 0 aromatic carbocycles. The molecular weight excluding hydrogens is 216 g/mol. The van der Waals surface area contributed by atoms with Gasteiger partial charge in [-0.3, -0.25) is 19.2 Å². The van der Waals surface area contributed by atoms with E-state index in [9.17, 15) is 24.0 Å². The molecule has 0 aromatic heterocycles. The highest BCUT2D eigenvalue weighted by atomic mass is 16.5. The van der Waals surface area contributed by atoms with Crippen LogP contribution in [0.5, 0.6) is 0 Å². The summed E-state index contributed by atoms with van der Waals surface area (Å²) >= 11 is 0. The van der Waals surface area contributed by atoms with Gasteiger partial charge in [0.2, 0.25) is 11.6 Å². The van der Waals surface area contributed by atoms with Crippen LogP contribution in [0.15, 0.2) is 0 Å². The third kappa shape index (κ3) is 1.78. The number of rotatable bonds is 3. The fourth-order valence-corrected chi connectivity index (χ4v) is 1.43. The van der Waals surface area contributed by atoms with E-state index in [1.165, 1.54) is 13.8 Å². The van der Waals surface area contributed by atoms with E-state index >= 15 is 0 Å². The van der Waals surface area contributed by atoms with Crippen molar-refractivity contribution in [2.45, 2.75) is 13.8 Å². The first-order valence-corrected chi connectivity index (χ1v) is 4.74. The first-order chi connectivity index (χ1) is 7.41. The maximum atomic E-state index is 11.4. The van der Waals surface area contributed by atoms with E-state index in [2.05, 4.69) is 4.74 Å². The summed E-state index contributed by atoms with van der Waals surface area (Å²) in [5.41, 5.74) is 0. The molecule has 0 heterocycles. The highest BCUT2D eigenvalue weighted by Gasteiger charge is 2.52. The molecule has 0 saturated heterocycles. The minimum atomic E-state index is -1.79. The van der Waals surface area contributed by atoms with Crippen molar-refractivity contribution in [1.82, 2.24) is 0 Å². The van der Waals surface area contributed by atoms with E-state index in [-0.39, 0.29) is 6.61 Å². The molecule has 1 fully saturated rings. The van der Waals surface area contributed by atoms with Crippen LogP contribution in [-0.2, 0) is 28.7 Å². The van der Waals surface area contributed by atoms with Crippen LogP contribution in [0.25, 0.3) is 0 Å². The van der Waals surface area contributed by atoms with Crippen molar-refractivity contribution in [2.24, 2.45) is 11.8 Å². The number of ketones is 4. The predicted octanol–water partition coefficient (Wildman–Crippen LogP) is -0.908. The lowest BCUT2D eigenvalue weighted by molar-refractivity contribution is -0.157. The summed E-state index contributed by atoms with van der Waals surface area (Å²) in [7, 11) is 0. The van der Waals surface area contributed by atoms with E-state index in [1.807, 2.05) is 0 Å². The van der Waals surface area contributed by atoms with Crippen LogP contribution in [0.2, 0.25) is 0 Å². The third-order valence-electron chi connectivity index (χ3n) is 2.35. The molecule has 1 aliphatic carbocycles. The maximum absolute atomic E-state index is 11.4. The number of Topliss-reactive ketones (excluding diaryl/α,β-unsaturated/α-hetero) is 4. The second-order valence-electron chi connectivity index (χ2n) is 3.37. The van der Waals surface area contributed by atoms with Crippen LogP contribution in [0.1, 0.15) is 13.8 Å². The predicted molar refractivity (Wildman–Crippen MR) is 49.3 cm³/mol. The SMILES string of the molecule is CCOC(=O)C(=O)[C@@H]1C(=O)C(=O)[C@@H](C)C1=O. The minimum Gasteiger partial charge on any atom is -0.460 e. The van der Waals surface area contributed by atoms with Gasteiger partial charge in [-0.05, 0) is 13.8 Å². The van der Waals surface area contributed by atoms with Crippen molar-refractivity contribution in [2.75, 3.05) is 6.61 Å². The van der Waals surface area contributed by atoms with Crippen molar-refractivity contribution in [3.8, 4) is 0 Å². The molecule has 0 bridgehead atoms. The van der Waals surface area contributed by atoms with E-state index < -0.39 is 40.9 Å². The van der Waals surface area contributed by atoms with Gasteiger partial charge in [-0.2, -0.15) is 0 Å². The molecule has 1 aliphatic rings. The Morgan fingerprint density at radius 2 is 1.75 bits per heavy atom. The van der Waals surface area contributed by atoms with Gasteiger partial charge in [-0.25, -0.2) is 4.79 Å². The Kier molecular flexibility index (Phi) is 3.31. The summed E-state index contributed by atoms with van der Waals surface area (Å²) in [4.78, 5) is 56.2. The Bertz CT molecular complexity index is 394. The fourth-order valence-electron chi connectivity index (χ4n) is 1.43. The molecule has 2 atom stereocenters. The summed E-state index contributed by atoms with van der Waals surface area (Å²) in [6.07, 6.45) is 0.